The Bertz CT molecular complexity index is 1650. The first-order chi connectivity index (χ1) is 20.3. The molecule has 1 aromatic heterocycles. The van der Waals surface area contributed by atoms with E-state index in [1.165, 1.54) is 17.7 Å². The molecule has 3 heterocycles. The number of pyridine rings is 1. The number of rotatable bonds is 6. The molecule has 8 heteroatoms. The van der Waals surface area contributed by atoms with E-state index in [4.69, 9.17) is 23.2 Å². The first kappa shape index (κ1) is 28.9. The largest absolute Gasteiger partial charge is 0.307 e. The number of carbonyl (C=O) groups excluding carboxylic acids is 1. The van der Waals surface area contributed by atoms with Gasteiger partial charge in [-0.1, -0.05) is 53.2 Å². The number of fused-ring (bicyclic) bond motifs is 2. The topological polar surface area (TPSA) is 36.4 Å². The van der Waals surface area contributed by atoms with Crippen LogP contribution in [0.5, 0.6) is 0 Å². The van der Waals surface area contributed by atoms with Gasteiger partial charge in [0.1, 0.15) is 5.82 Å². The fourth-order valence-electron chi connectivity index (χ4n) is 5.91. The molecule has 0 radical (unpaired) electrons. The van der Waals surface area contributed by atoms with Crippen LogP contribution >= 0.6 is 35.0 Å². The van der Waals surface area contributed by atoms with Crippen molar-refractivity contribution < 1.29 is 9.18 Å². The Morgan fingerprint density at radius 3 is 2.48 bits per heavy atom. The van der Waals surface area contributed by atoms with Crippen LogP contribution in [0.4, 0.5) is 10.1 Å². The van der Waals surface area contributed by atoms with E-state index < -0.39 is 0 Å². The number of aromatic nitrogens is 1. The van der Waals surface area contributed by atoms with Crippen molar-refractivity contribution >= 4 is 52.6 Å². The highest BCUT2D eigenvalue weighted by molar-refractivity contribution is 7.99. The van der Waals surface area contributed by atoms with Crippen LogP contribution in [-0.4, -0.2) is 42.0 Å². The van der Waals surface area contributed by atoms with Crippen molar-refractivity contribution in [1.82, 2.24) is 9.88 Å². The third kappa shape index (κ3) is 6.13. The van der Waals surface area contributed by atoms with Crippen molar-refractivity contribution in [2.45, 2.75) is 35.0 Å². The maximum Gasteiger partial charge on any atom is 0.258 e. The third-order valence-electron chi connectivity index (χ3n) is 8.16. The van der Waals surface area contributed by atoms with Gasteiger partial charge in [0.15, 0.2) is 0 Å². The highest BCUT2D eigenvalue weighted by Gasteiger charge is 2.46. The van der Waals surface area contributed by atoms with E-state index in [-0.39, 0.29) is 17.1 Å². The number of hydrogen-bond acceptors (Lipinski definition) is 4. The number of carbonyl (C=O) groups is 1. The number of halogens is 3. The molecule has 214 valence electrons. The van der Waals surface area contributed by atoms with Crippen LogP contribution in [0.3, 0.4) is 0 Å². The molecule has 1 fully saturated rings. The first-order valence-corrected chi connectivity index (χ1v) is 15.5. The molecule has 1 saturated heterocycles. The minimum absolute atomic E-state index is 0.00421. The van der Waals surface area contributed by atoms with E-state index in [2.05, 4.69) is 40.2 Å². The number of amides is 1. The highest BCUT2D eigenvalue weighted by atomic mass is 35.5. The third-order valence-corrected chi connectivity index (χ3v) is 9.90. The van der Waals surface area contributed by atoms with Gasteiger partial charge in [0.25, 0.3) is 5.91 Å². The van der Waals surface area contributed by atoms with E-state index in [9.17, 15) is 9.18 Å². The summed E-state index contributed by atoms with van der Waals surface area (Å²) in [6.07, 6.45) is 7.84. The molecular formula is C34H30Cl2FN3OS. The van der Waals surface area contributed by atoms with Crippen molar-refractivity contribution in [3.05, 3.63) is 123 Å². The molecule has 42 heavy (non-hydrogen) atoms. The van der Waals surface area contributed by atoms with E-state index in [1.807, 2.05) is 36.1 Å². The van der Waals surface area contributed by atoms with Gasteiger partial charge in [0, 0.05) is 51.4 Å². The van der Waals surface area contributed by atoms with Gasteiger partial charge in [-0.15, -0.1) is 0 Å². The second kappa shape index (κ2) is 12.2. The average Bonchev–Trinajstić information content (AvgIpc) is 3.30. The second-order valence-corrected chi connectivity index (χ2v) is 12.9. The van der Waals surface area contributed by atoms with Crippen molar-refractivity contribution in [1.29, 1.82) is 0 Å². The van der Waals surface area contributed by atoms with Gasteiger partial charge in [-0.05, 0) is 111 Å². The fraction of sp³-hybridized carbons (Fsp3) is 0.235. The maximum absolute atomic E-state index is 13.8. The van der Waals surface area contributed by atoms with Gasteiger partial charge in [-0.25, -0.2) is 4.39 Å². The lowest BCUT2D eigenvalue weighted by atomic mass is 9.74. The number of aryl methyl sites for hydroxylation is 1. The molecular weight excluding hydrogens is 588 g/mol. The van der Waals surface area contributed by atoms with Crippen LogP contribution in [0.1, 0.15) is 40.0 Å². The van der Waals surface area contributed by atoms with Crippen LogP contribution in [0.2, 0.25) is 10.0 Å². The Kier molecular flexibility index (Phi) is 8.42. The summed E-state index contributed by atoms with van der Waals surface area (Å²) < 4.78 is 13.5. The Balaban J connectivity index is 1.23. The first-order valence-electron chi connectivity index (χ1n) is 14.0. The minimum atomic E-state index is -0.244. The molecule has 4 aromatic rings. The van der Waals surface area contributed by atoms with Gasteiger partial charge in [-0.2, -0.15) is 0 Å². The van der Waals surface area contributed by atoms with Gasteiger partial charge < -0.3 is 4.90 Å². The summed E-state index contributed by atoms with van der Waals surface area (Å²) in [5.41, 5.74) is 4.57. The highest BCUT2D eigenvalue weighted by Crippen LogP contribution is 2.49. The summed E-state index contributed by atoms with van der Waals surface area (Å²) in [6, 6.07) is 22.3. The molecule has 0 N–H and O–H groups in total. The van der Waals surface area contributed by atoms with Crippen molar-refractivity contribution in [3.63, 3.8) is 0 Å². The number of nitrogens with zero attached hydrogens (tertiary/aromatic N) is 3. The summed E-state index contributed by atoms with van der Waals surface area (Å²) in [5, 5.41) is 1.11. The molecule has 3 aromatic carbocycles. The van der Waals surface area contributed by atoms with Gasteiger partial charge in [0.05, 0.1) is 10.0 Å². The maximum atomic E-state index is 13.8. The summed E-state index contributed by atoms with van der Waals surface area (Å²) in [5.74, 6) is -0.240. The second-order valence-electron chi connectivity index (χ2n) is 11.0. The zero-order valence-electron chi connectivity index (χ0n) is 23.2. The van der Waals surface area contributed by atoms with Crippen LogP contribution in [0.25, 0.3) is 6.08 Å². The quantitative estimate of drug-likeness (QED) is 0.217. The minimum Gasteiger partial charge on any atom is -0.307 e. The molecule has 0 atom stereocenters. The smallest absolute Gasteiger partial charge is 0.258 e. The molecule has 2 aliphatic heterocycles. The lowest BCUT2D eigenvalue weighted by molar-refractivity contribution is 0.0977. The molecule has 0 bridgehead atoms. The van der Waals surface area contributed by atoms with Gasteiger partial charge >= 0.3 is 0 Å². The van der Waals surface area contributed by atoms with Gasteiger partial charge in [0.2, 0.25) is 0 Å². The number of hydrogen-bond donors (Lipinski definition) is 0. The Labute approximate surface area is 260 Å². The Morgan fingerprint density at radius 1 is 0.976 bits per heavy atom. The predicted molar refractivity (Wildman–Crippen MR) is 170 cm³/mol. The van der Waals surface area contributed by atoms with E-state index in [0.717, 1.165) is 59.2 Å². The van der Waals surface area contributed by atoms with Gasteiger partial charge in [-0.3, -0.25) is 14.7 Å². The molecule has 0 aliphatic carbocycles. The van der Waals surface area contributed by atoms with Crippen LogP contribution in [0.15, 0.2) is 94.9 Å². The summed E-state index contributed by atoms with van der Waals surface area (Å²) >= 11 is 13.8. The predicted octanol–water partition coefficient (Wildman–Crippen LogP) is 8.69. The monoisotopic (exact) mass is 617 g/mol. The Hall–Kier alpha value is -3.16. The molecule has 0 saturated carbocycles. The van der Waals surface area contributed by atoms with Crippen LogP contribution in [0, 0.1) is 12.7 Å². The summed E-state index contributed by atoms with van der Waals surface area (Å²) in [6.45, 7) is 5.25. The summed E-state index contributed by atoms with van der Waals surface area (Å²) in [4.78, 5) is 24.5. The van der Waals surface area contributed by atoms with Crippen molar-refractivity contribution in [3.8, 4) is 0 Å². The van der Waals surface area contributed by atoms with Crippen molar-refractivity contribution in [2.24, 2.45) is 0 Å². The van der Waals surface area contributed by atoms with Crippen LogP contribution in [-0.2, 0) is 5.41 Å². The van der Waals surface area contributed by atoms with E-state index >= 15 is 0 Å². The van der Waals surface area contributed by atoms with Crippen LogP contribution < -0.4 is 4.90 Å². The molecule has 6 rings (SSSR count). The lowest BCUT2D eigenvalue weighted by Crippen LogP contribution is -2.46. The zero-order chi connectivity index (χ0) is 29.3. The molecule has 4 nitrogen and oxygen atoms in total. The Morgan fingerprint density at radius 2 is 1.74 bits per heavy atom. The number of anilines is 1. The molecule has 1 spiro atoms. The lowest BCUT2D eigenvalue weighted by Gasteiger charge is -2.39. The standard InChI is InChI=1S/C34H30Cl2FN3OS/c1-23-19-25(12-15-38-23)33(41)40-22-34(29-21-28(9-11-32(29)40)42-27-7-5-26(37)6-8-27)13-17-39(18-14-34)16-2-3-24-4-10-30(35)31(36)20-24/h2-12,15,19-21H,13-14,16-18,22H2,1H3/b3-2+. The number of piperidine rings is 1. The SMILES string of the molecule is Cc1cc(C(=O)N2CC3(CCN(C/C=C/c4ccc(Cl)c(Cl)c4)CC3)c3cc(Sc4ccc(F)cc4)ccc32)ccn1. The van der Waals surface area contributed by atoms with E-state index in [1.54, 1.807) is 36.2 Å². The zero-order valence-corrected chi connectivity index (χ0v) is 25.5. The van der Waals surface area contributed by atoms with Crippen molar-refractivity contribution in [2.75, 3.05) is 31.1 Å². The molecule has 0 unspecified atom stereocenters. The molecule has 2 aliphatic rings. The number of benzene rings is 3. The van der Waals surface area contributed by atoms with E-state index in [0.29, 0.717) is 22.2 Å². The summed E-state index contributed by atoms with van der Waals surface area (Å²) in [7, 11) is 0. The average molecular weight is 619 g/mol. The number of likely N-dealkylation sites (tertiary alicyclic amines) is 1. The molecule has 1 amide bonds. The normalized spacial score (nSPS) is 16.3. The fourth-order valence-corrected chi connectivity index (χ4v) is 7.07.